The van der Waals surface area contributed by atoms with Gasteiger partial charge < -0.3 is 26.2 Å². The van der Waals surface area contributed by atoms with Crippen molar-refractivity contribution in [3.8, 4) is 0 Å². The van der Waals surface area contributed by atoms with Gasteiger partial charge in [0.1, 0.15) is 13.1 Å². The van der Waals surface area contributed by atoms with E-state index in [9.17, 15) is 0 Å². The Kier molecular flexibility index (Phi) is 7.66. The van der Waals surface area contributed by atoms with Crippen molar-refractivity contribution in [1.29, 1.82) is 0 Å². The summed E-state index contributed by atoms with van der Waals surface area (Å²) < 4.78 is 7.46. The van der Waals surface area contributed by atoms with Gasteiger partial charge in [-0.25, -0.2) is 0 Å². The maximum atomic E-state index is 6.22. The number of halogens is 1. The summed E-state index contributed by atoms with van der Waals surface area (Å²) in [6.07, 6.45) is 9.88. The molecule has 4 fully saturated rings. The molecule has 1 aliphatic heterocycles. The van der Waals surface area contributed by atoms with E-state index >= 15 is 0 Å². The van der Waals surface area contributed by atoms with Gasteiger partial charge in [-0.3, -0.25) is 0 Å². The summed E-state index contributed by atoms with van der Waals surface area (Å²) in [5, 5.41) is 0. The van der Waals surface area contributed by atoms with Gasteiger partial charge in [0, 0.05) is 12.2 Å². The van der Waals surface area contributed by atoms with Gasteiger partial charge in [0.15, 0.2) is 0 Å². The van der Waals surface area contributed by atoms with E-state index < -0.39 is 0 Å². The van der Waals surface area contributed by atoms with Crippen LogP contribution in [-0.2, 0) is 11.3 Å². The third-order valence-electron chi connectivity index (χ3n) is 8.47. The molecule has 0 N–H and O–H groups in total. The Hall–Kier alpha value is -0.380. The molecule has 158 valence electrons. The fourth-order valence-corrected chi connectivity index (χ4v) is 6.52. The van der Waals surface area contributed by atoms with E-state index in [0.717, 1.165) is 31.0 Å². The average Bonchev–Trinajstić information content (AvgIpc) is 2.69. The van der Waals surface area contributed by atoms with Gasteiger partial charge in [-0.05, 0) is 68.1 Å². The Balaban J connectivity index is 0.00000225. The molecule has 1 aromatic rings. The lowest BCUT2D eigenvalue weighted by Crippen LogP contribution is -3.00. The summed E-state index contributed by atoms with van der Waals surface area (Å²) in [6.45, 7) is 12.0. The molecule has 0 amide bonds. The van der Waals surface area contributed by atoms with Crippen molar-refractivity contribution in [3.05, 3.63) is 35.9 Å². The predicted octanol–water partition coefficient (Wildman–Crippen LogP) is 2.67. The fourth-order valence-electron chi connectivity index (χ4n) is 6.52. The fraction of sp³-hybridized carbons (Fsp3) is 0.760. The quantitative estimate of drug-likeness (QED) is 0.437. The van der Waals surface area contributed by atoms with Crippen LogP contribution in [0.1, 0.15) is 64.4 Å². The topological polar surface area (TPSA) is 9.23 Å². The summed E-state index contributed by atoms with van der Waals surface area (Å²) in [5.41, 5.74) is 2.10. The van der Waals surface area contributed by atoms with Crippen LogP contribution in [0.4, 0.5) is 0 Å². The minimum atomic E-state index is 0. The molecule has 4 aliphatic rings. The molecule has 5 rings (SSSR count). The third-order valence-corrected chi connectivity index (χ3v) is 8.47. The molecule has 1 saturated heterocycles. The molecule has 3 aliphatic carbocycles. The van der Waals surface area contributed by atoms with Crippen molar-refractivity contribution in [2.75, 3.05) is 32.8 Å². The van der Waals surface area contributed by atoms with E-state index in [1.807, 2.05) is 0 Å². The van der Waals surface area contributed by atoms with E-state index in [1.165, 1.54) is 81.2 Å². The molecular formula is C25H40BrNO. The molecule has 0 aromatic heterocycles. The number of likely N-dealkylation sites (tertiary alicyclic amines) is 1. The minimum absolute atomic E-state index is 0. The molecule has 28 heavy (non-hydrogen) atoms. The van der Waals surface area contributed by atoms with Crippen LogP contribution in [0.15, 0.2) is 30.3 Å². The summed E-state index contributed by atoms with van der Waals surface area (Å²) in [5.74, 6) is 2.91. The first-order chi connectivity index (χ1) is 13.1. The largest absolute Gasteiger partial charge is 1.00 e. The molecule has 0 radical (unpaired) electrons. The Labute approximate surface area is 183 Å². The lowest BCUT2D eigenvalue weighted by molar-refractivity contribution is -0.945. The average molecular weight is 451 g/mol. The first kappa shape index (κ1) is 22.3. The summed E-state index contributed by atoms with van der Waals surface area (Å²) in [6, 6.07) is 11.1. The molecule has 2 bridgehead atoms. The highest BCUT2D eigenvalue weighted by Crippen LogP contribution is 2.61. The van der Waals surface area contributed by atoms with Crippen molar-refractivity contribution in [2.45, 2.75) is 65.3 Å². The Morgan fingerprint density at radius 2 is 1.75 bits per heavy atom. The minimum Gasteiger partial charge on any atom is -1.00 e. The van der Waals surface area contributed by atoms with Gasteiger partial charge in [0.25, 0.3) is 0 Å². The zero-order chi connectivity index (χ0) is 18.7. The second-order valence-electron chi connectivity index (χ2n) is 10.3. The van der Waals surface area contributed by atoms with Crippen LogP contribution in [0.25, 0.3) is 0 Å². The van der Waals surface area contributed by atoms with E-state index in [1.54, 1.807) is 0 Å². The maximum absolute atomic E-state index is 6.22. The van der Waals surface area contributed by atoms with Crippen LogP contribution in [0.3, 0.4) is 0 Å². The van der Waals surface area contributed by atoms with E-state index in [0.29, 0.717) is 5.41 Å². The molecule has 1 aromatic carbocycles. The van der Waals surface area contributed by atoms with E-state index in [-0.39, 0.29) is 17.0 Å². The van der Waals surface area contributed by atoms with Crippen LogP contribution in [0, 0.1) is 23.2 Å². The van der Waals surface area contributed by atoms with Crippen molar-refractivity contribution in [2.24, 2.45) is 23.2 Å². The summed E-state index contributed by atoms with van der Waals surface area (Å²) in [7, 11) is 0. The van der Waals surface area contributed by atoms with Gasteiger partial charge in [-0.15, -0.1) is 0 Å². The number of hydrogen-bond acceptors (Lipinski definition) is 1. The standard InChI is InChI=1S/C25H40NO.BrH/c1-25(2)23-12-11-22(24(25)19-23)13-17-27-18-16-26(14-7-4-8-15-26)20-21-9-5-3-6-10-21;/h3,5-6,9-10,22-24H,4,7-8,11-20H2,1-2H3;1H/q+1;/p-1. The van der Waals surface area contributed by atoms with Crippen molar-refractivity contribution in [3.63, 3.8) is 0 Å². The number of fused-ring (bicyclic) bond motifs is 2. The smallest absolute Gasteiger partial charge is 0.104 e. The van der Waals surface area contributed by atoms with Crippen molar-refractivity contribution < 1.29 is 26.2 Å². The monoisotopic (exact) mass is 449 g/mol. The number of rotatable bonds is 8. The number of nitrogens with zero attached hydrogens (tertiary/aromatic N) is 1. The Morgan fingerprint density at radius 1 is 1.00 bits per heavy atom. The number of quaternary nitrogens is 1. The van der Waals surface area contributed by atoms with Gasteiger partial charge in [-0.2, -0.15) is 0 Å². The number of benzene rings is 1. The van der Waals surface area contributed by atoms with Gasteiger partial charge in [0.2, 0.25) is 0 Å². The molecule has 3 heteroatoms. The number of ether oxygens (including phenoxy) is 1. The molecular weight excluding hydrogens is 410 g/mol. The second kappa shape index (κ2) is 9.62. The third kappa shape index (κ3) is 4.84. The van der Waals surface area contributed by atoms with Crippen LogP contribution in [0.2, 0.25) is 0 Å². The van der Waals surface area contributed by atoms with Crippen LogP contribution >= 0.6 is 0 Å². The van der Waals surface area contributed by atoms with Crippen molar-refractivity contribution in [1.82, 2.24) is 0 Å². The molecule has 3 unspecified atom stereocenters. The van der Waals surface area contributed by atoms with Gasteiger partial charge in [-0.1, -0.05) is 44.2 Å². The van der Waals surface area contributed by atoms with Crippen molar-refractivity contribution >= 4 is 0 Å². The lowest BCUT2D eigenvalue weighted by Gasteiger charge is -2.60. The first-order valence-corrected chi connectivity index (χ1v) is 11.6. The highest BCUT2D eigenvalue weighted by atomic mass is 79.9. The zero-order valence-electron chi connectivity index (χ0n) is 18.0. The van der Waals surface area contributed by atoms with Gasteiger partial charge in [0.05, 0.1) is 19.7 Å². The lowest BCUT2D eigenvalue weighted by atomic mass is 9.45. The highest BCUT2D eigenvalue weighted by molar-refractivity contribution is 5.13. The van der Waals surface area contributed by atoms with Crippen LogP contribution in [-0.4, -0.2) is 37.3 Å². The van der Waals surface area contributed by atoms with Crippen LogP contribution < -0.4 is 17.0 Å². The summed E-state index contributed by atoms with van der Waals surface area (Å²) in [4.78, 5) is 0. The zero-order valence-corrected chi connectivity index (χ0v) is 19.6. The van der Waals surface area contributed by atoms with E-state index in [4.69, 9.17) is 4.74 Å². The Morgan fingerprint density at radius 3 is 2.43 bits per heavy atom. The maximum Gasteiger partial charge on any atom is 0.104 e. The van der Waals surface area contributed by atoms with Gasteiger partial charge >= 0.3 is 0 Å². The summed E-state index contributed by atoms with van der Waals surface area (Å²) >= 11 is 0. The normalized spacial score (nSPS) is 30.1. The number of piperidine rings is 1. The SMILES string of the molecule is CC1(C)C2CCC(CCOCC[N+]3(Cc4ccccc4)CCCCC3)C1C2.[Br-]. The first-order valence-electron chi connectivity index (χ1n) is 11.6. The predicted molar refractivity (Wildman–Crippen MR) is 112 cm³/mol. The molecule has 1 heterocycles. The molecule has 2 nitrogen and oxygen atoms in total. The highest BCUT2D eigenvalue weighted by Gasteiger charge is 2.53. The Bertz CT molecular complexity index is 594. The van der Waals surface area contributed by atoms with Crippen LogP contribution in [0.5, 0.6) is 0 Å². The number of hydrogen-bond donors (Lipinski definition) is 0. The molecule has 3 atom stereocenters. The second-order valence-corrected chi connectivity index (χ2v) is 10.3. The van der Waals surface area contributed by atoms with E-state index in [2.05, 4.69) is 44.2 Å². The molecule has 0 spiro atoms. The molecule has 3 saturated carbocycles.